The van der Waals surface area contributed by atoms with Gasteiger partial charge in [0.15, 0.2) is 0 Å². The number of nitrogen functional groups attached to an aromatic ring is 1. The first-order valence-electron chi connectivity index (χ1n) is 8.84. The Balaban J connectivity index is 1.70. The van der Waals surface area contributed by atoms with Crippen LogP contribution in [0.4, 0.5) is 5.69 Å². The number of anilines is 1. The van der Waals surface area contributed by atoms with E-state index < -0.39 is 0 Å². The fourth-order valence-corrected chi connectivity index (χ4v) is 3.62. The first-order chi connectivity index (χ1) is 12.1. The Kier molecular flexibility index (Phi) is 5.39. The Bertz CT molecular complexity index is 719. The number of nitrogens with two attached hydrogens (primary N) is 1. The van der Waals surface area contributed by atoms with Crippen molar-refractivity contribution in [2.75, 3.05) is 25.5 Å². The Hall–Kier alpha value is -2.33. The molecule has 4 nitrogen and oxygen atoms in total. The normalized spacial score (nSPS) is 16.4. The molecule has 0 bridgehead atoms. The van der Waals surface area contributed by atoms with Crippen molar-refractivity contribution >= 4 is 11.6 Å². The van der Waals surface area contributed by atoms with Crippen LogP contribution in [0, 0.1) is 6.92 Å². The number of rotatable bonds is 5. The fraction of sp³-hybridized carbons (Fsp3) is 0.381. The van der Waals surface area contributed by atoms with E-state index in [1.165, 1.54) is 11.1 Å². The van der Waals surface area contributed by atoms with Gasteiger partial charge in [0.2, 0.25) is 5.91 Å². The van der Waals surface area contributed by atoms with Crippen LogP contribution in [0.15, 0.2) is 48.5 Å². The van der Waals surface area contributed by atoms with E-state index in [9.17, 15) is 4.79 Å². The van der Waals surface area contributed by atoms with Gasteiger partial charge in [-0.25, -0.2) is 0 Å². The molecular weight excluding hydrogens is 312 g/mol. The standard InChI is InChI=1S/C21H26N2O2/c1-16-4-2-3-5-19(16)21(10-12-25-13-11-21)15-23-20(24)14-17-6-8-18(22)9-7-17/h2-9H,10-15,22H2,1H3,(H,23,24). The van der Waals surface area contributed by atoms with E-state index in [-0.39, 0.29) is 11.3 Å². The lowest BCUT2D eigenvalue weighted by atomic mass is 9.72. The van der Waals surface area contributed by atoms with Crippen LogP contribution in [0.2, 0.25) is 0 Å². The van der Waals surface area contributed by atoms with Gasteiger partial charge in [-0.1, -0.05) is 36.4 Å². The molecule has 2 aromatic rings. The molecule has 2 aromatic carbocycles. The number of ether oxygens (including phenoxy) is 1. The van der Waals surface area contributed by atoms with Gasteiger partial charge >= 0.3 is 0 Å². The molecule has 1 aliphatic rings. The highest BCUT2D eigenvalue weighted by molar-refractivity contribution is 5.78. The monoisotopic (exact) mass is 338 g/mol. The maximum atomic E-state index is 12.4. The summed E-state index contributed by atoms with van der Waals surface area (Å²) in [6.07, 6.45) is 2.24. The molecule has 1 fully saturated rings. The maximum absolute atomic E-state index is 12.4. The molecule has 4 heteroatoms. The minimum atomic E-state index is -0.0413. The van der Waals surface area contributed by atoms with Crippen molar-refractivity contribution in [3.05, 3.63) is 65.2 Å². The van der Waals surface area contributed by atoms with Crippen LogP contribution in [-0.2, 0) is 21.4 Å². The topological polar surface area (TPSA) is 64.4 Å². The van der Waals surface area contributed by atoms with Gasteiger partial charge in [0.05, 0.1) is 6.42 Å². The Labute approximate surface area is 149 Å². The third-order valence-corrected chi connectivity index (χ3v) is 5.13. The fourth-order valence-electron chi connectivity index (χ4n) is 3.62. The second kappa shape index (κ2) is 7.70. The van der Waals surface area contributed by atoms with Crippen LogP contribution < -0.4 is 11.1 Å². The summed E-state index contributed by atoms with van der Waals surface area (Å²) in [6, 6.07) is 15.9. The van der Waals surface area contributed by atoms with Crippen LogP contribution >= 0.6 is 0 Å². The van der Waals surface area contributed by atoms with Crippen LogP contribution in [0.5, 0.6) is 0 Å². The number of amides is 1. The molecule has 0 unspecified atom stereocenters. The van der Waals surface area contributed by atoms with E-state index in [0.29, 0.717) is 18.7 Å². The van der Waals surface area contributed by atoms with Crippen molar-refractivity contribution in [3.8, 4) is 0 Å². The van der Waals surface area contributed by atoms with Gasteiger partial charge in [-0.2, -0.15) is 0 Å². The Morgan fingerprint density at radius 3 is 2.48 bits per heavy atom. The van der Waals surface area contributed by atoms with Crippen molar-refractivity contribution < 1.29 is 9.53 Å². The second-order valence-corrected chi connectivity index (χ2v) is 6.90. The average molecular weight is 338 g/mol. The van der Waals surface area contributed by atoms with Gasteiger partial charge in [-0.3, -0.25) is 4.79 Å². The highest BCUT2D eigenvalue weighted by Crippen LogP contribution is 2.36. The van der Waals surface area contributed by atoms with Gasteiger partial charge in [0.1, 0.15) is 0 Å². The number of carbonyl (C=O) groups excluding carboxylic acids is 1. The van der Waals surface area contributed by atoms with Gasteiger partial charge in [0, 0.05) is 30.9 Å². The molecule has 25 heavy (non-hydrogen) atoms. The van der Waals surface area contributed by atoms with E-state index >= 15 is 0 Å². The molecule has 0 atom stereocenters. The summed E-state index contributed by atoms with van der Waals surface area (Å²) in [5.41, 5.74) is 9.94. The summed E-state index contributed by atoms with van der Waals surface area (Å²) in [6.45, 7) is 4.27. The lowest BCUT2D eigenvalue weighted by Gasteiger charge is -2.39. The van der Waals surface area contributed by atoms with Crippen molar-refractivity contribution in [1.29, 1.82) is 0 Å². The zero-order valence-electron chi connectivity index (χ0n) is 14.8. The highest BCUT2D eigenvalue weighted by atomic mass is 16.5. The number of aryl methyl sites for hydroxylation is 1. The van der Waals surface area contributed by atoms with Crippen LogP contribution in [0.3, 0.4) is 0 Å². The van der Waals surface area contributed by atoms with E-state index in [4.69, 9.17) is 10.5 Å². The molecule has 132 valence electrons. The number of hydrogen-bond donors (Lipinski definition) is 2. The van der Waals surface area contributed by atoms with Crippen molar-refractivity contribution in [1.82, 2.24) is 5.32 Å². The van der Waals surface area contributed by atoms with Gasteiger partial charge in [-0.15, -0.1) is 0 Å². The van der Waals surface area contributed by atoms with Gasteiger partial charge < -0.3 is 15.8 Å². The maximum Gasteiger partial charge on any atom is 0.224 e. The summed E-state index contributed by atoms with van der Waals surface area (Å²) in [7, 11) is 0. The zero-order valence-corrected chi connectivity index (χ0v) is 14.8. The third kappa shape index (κ3) is 4.20. The van der Waals surface area contributed by atoms with Crippen LogP contribution in [0.1, 0.15) is 29.5 Å². The Morgan fingerprint density at radius 2 is 1.80 bits per heavy atom. The lowest BCUT2D eigenvalue weighted by Crippen LogP contribution is -2.45. The zero-order chi connectivity index (χ0) is 17.7. The number of hydrogen-bond acceptors (Lipinski definition) is 3. The Morgan fingerprint density at radius 1 is 1.12 bits per heavy atom. The van der Waals surface area contributed by atoms with Crippen LogP contribution in [-0.4, -0.2) is 25.7 Å². The first kappa shape index (κ1) is 17.5. The molecule has 0 aromatic heterocycles. The van der Waals surface area contributed by atoms with E-state index in [2.05, 4.69) is 36.5 Å². The SMILES string of the molecule is Cc1ccccc1C1(CNC(=O)Cc2ccc(N)cc2)CCOCC1. The predicted molar refractivity (Wildman–Crippen MR) is 100 cm³/mol. The van der Waals surface area contributed by atoms with Crippen molar-refractivity contribution in [2.24, 2.45) is 0 Å². The second-order valence-electron chi connectivity index (χ2n) is 6.90. The van der Waals surface area contributed by atoms with Crippen molar-refractivity contribution in [3.63, 3.8) is 0 Å². The van der Waals surface area contributed by atoms with Gasteiger partial charge in [-0.05, 0) is 48.6 Å². The molecule has 0 radical (unpaired) electrons. The summed E-state index contributed by atoms with van der Waals surface area (Å²) in [4.78, 5) is 12.4. The predicted octanol–water partition coefficient (Wildman–Crippen LogP) is 2.98. The van der Waals surface area contributed by atoms with Gasteiger partial charge in [0.25, 0.3) is 0 Å². The van der Waals surface area contributed by atoms with Crippen LogP contribution in [0.25, 0.3) is 0 Å². The smallest absolute Gasteiger partial charge is 0.224 e. The molecule has 1 aliphatic heterocycles. The lowest BCUT2D eigenvalue weighted by molar-refractivity contribution is -0.121. The number of nitrogens with one attached hydrogen (secondary N) is 1. The quantitative estimate of drug-likeness (QED) is 0.824. The molecule has 1 amide bonds. The first-order valence-corrected chi connectivity index (χ1v) is 8.84. The van der Waals surface area contributed by atoms with Crippen molar-refractivity contribution in [2.45, 2.75) is 31.6 Å². The summed E-state index contributed by atoms with van der Waals surface area (Å²) < 4.78 is 5.58. The molecule has 0 saturated carbocycles. The molecule has 1 heterocycles. The highest BCUT2D eigenvalue weighted by Gasteiger charge is 2.35. The average Bonchev–Trinajstić information content (AvgIpc) is 2.63. The number of benzene rings is 2. The third-order valence-electron chi connectivity index (χ3n) is 5.13. The minimum absolute atomic E-state index is 0.0413. The molecule has 1 saturated heterocycles. The molecule has 0 aliphatic carbocycles. The number of carbonyl (C=O) groups is 1. The summed E-state index contributed by atoms with van der Waals surface area (Å²) in [5, 5.41) is 3.16. The molecule has 0 spiro atoms. The minimum Gasteiger partial charge on any atom is -0.399 e. The molecular formula is C21H26N2O2. The summed E-state index contributed by atoms with van der Waals surface area (Å²) >= 11 is 0. The van der Waals surface area contributed by atoms with E-state index in [0.717, 1.165) is 31.6 Å². The van der Waals surface area contributed by atoms with E-state index in [1.54, 1.807) is 0 Å². The largest absolute Gasteiger partial charge is 0.399 e. The molecule has 3 N–H and O–H groups in total. The summed E-state index contributed by atoms with van der Waals surface area (Å²) in [5.74, 6) is 0.0456. The molecule has 3 rings (SSSR count). The van der Waals surface area contributed by atoms with E-state index in [1.807, 2.05) is 24.3 Å².